The lowest BCUT2D eigenvalue weighted by Gasteiger charge is -2.30. The number of hydrogen-bond donors (Lipinski definition) is 1. The first-order chi connectivity index (χ1) is 15.5. The number of aliphatic hydroxyl groups is 1. The standard InChI is InChI=1S/C25H28F3NO4/c1-24(2,3)33-23(31)29-12-10-18(11-13-29)20-14-17(8-9-19(20)15-30)16-32-22-7-5-4-6-21(22)25(26,27)28/h4-10,14,30H,11-13,15-16H2,1-3H3. The third kappa shape index (κ3) is 6.51. The number of ether oxygens (including phenoxy) is 2. The summed E-state index contributed by atoms with van der Waals surface area (Å²) in [6.07, 6.45) is -2.42. The average molecular weight is 463 g/mol. The maximum absolute atomic E-state index is 13.2. The van der Waals surface area contributed by atoms with Crippen LogP contribution in [-0.4, -0.2) is 34.8 Å². The predicted octanol–water partition coefficient (Wildman–Crippen LogP) is 5.80. The maximum Gasteiger partial charge on any atom is 0.419 e. The lowest BCUT2D eigenvalue weighted by molar-refractivity contribution is -0.139. The Labute approximate surface area is 191 Å². The molecule has 0 aromatic heterocycles. The molecule has 0 saturated heterocycles. The molecule has 0 saturated carbocycles. The zero-order chi connectivity index (χ0) is 24.2. The number of benzene rings is 2. The quantitative estimate of drug-likeness (QED) is 0.609. The van der Waals surface area contributed by atoms with E-state index in [0.29, 0.717) is 30.6 Å². The van der Waals surface area contributed by atoms with Gasteiger partial charge in [-0.05, 0) is 67.7 Å². The topological polar surface area (TPSA) is 59.0 Å². The van der Waals surface area contributed by atoms with Crippen molar-refractivity contribution in [1.82, 2.24) is 4.90 Å². The van der Waals surface area contributed by atoms with E-state index in [4.69, 9.17) is 9.47 Å². The van der Waals surface area contributed by atoms with Crippen molar-refractivity contribution in [2.75, 3.05) is 13.1 Å². The molecule has 1 amide bonds. The number of hydrogen-bond acceptors (Lipinski definition) is 4. The van der Waals surface area contributed by atoms with E-state index in [9.17, 15) is 23.1 Å². The molecule has 0 fully saturated rings. The summed E-state index contributed by atoms with van der Waals surface area (Å²) in [5.74, 6) is -0.234. The summed E-state index contributed by atoms with van der Waals surface area (Å²) in [6, 6.07) is 10.4. The van der Waals surface area contributed by atoms with Gasteiger partial charge in [0.05, 0.1) is 12.2 Å². The van der Waals surface area contributed by atoms with Crippen LogP contribution in [-0.2, 0) is 24.1 Å². The smallest absolute Gasteiger partial charge is 0.419 e. The van der Waals surface area contributed by atoms with Crippen molar-refractivity contribution in [2.24, 2.45) is 0 Å². The molecule has 0 bridgehead atoms. The maximum atomic E-state index is 13.2. The lowest BCUT2D eigenvalue weighted by atomic mass is 9.93. The van der Waals surface area contributed by atoms with E-state index in [1.807, 2.05) is 32.9 Å². The highest BCUT2D eigenvalue weighted by molar-refractivity contribution is 5.74. The van der Waals surface area contributed by atoms with Gasteiger partial charge in [-0.1, -0.05) is 30.3 Å². The van der Waals surface area contributed by atoms with Gasteiger partial charge in [-0.25, -0.2) is 4.79 Å². The second-order valence-electron chi connectivity index (χ2n) is 8.84. The van der Waals surface area contributed by atoms with Gasteiger partial charge < -0.3 is 19.5 Å². The van der Waals surface area contributed by atoms with Crippen LogP contribution in [0.2, 0.25) is 0 Å². The Morgan fingerprint density at radius 3 is 2.45 bits per heavy atom. The molecule has 8 heteroatoms. The molecule has 0 spiro atoms. The Balaban J connectivity index is 1.76. The lowest BCUT2D eigenvalue weighted by Crippen LogP contribution is -2.39. The van der Waals surface area contributed by atoms with Crippen LogP contribution in [0.4, 0.5) is 18.0 Å². The third-order valence-electron chi connectivity index (χ3n) is 5.14. The Morgan fingerprint density at radius 1 is 1.12 bits per heavy atom. The second kappa shape index (κ2) is 9.87. The molecule has 0 atom stereocenters. The minimum Gasteiger partial charge on any atom is -0.488 e. The van der Waals surface area contributed by atoms with Crippen LogP contribution in [0.1, 0.15) is 49.4 Å². The van der Waals surface area contributed by atoms with Crippen molar-refractivity contribution in [3.63, 3.8) is 0 Å². The molecule has 1 heterocycles. The Hall–Kier alpha value is -3.00. The summed E-state index contributed by atoms with van der Waals surface area (Å²) in [5, 5.41) is 9.77. The van der Waals surface area contributed by atoms with Gasteiger partial charge >= 0.3 is 12.3 Å². The molecule has 5 nitrogen and oxygen atoms in total. The number of halogens is 3. The molecule has 0 aliphatic carbocycles. The first-order valence-electron chi connectivity index (χ1n) is 10.7. The molecular formula is C25H28F3NO4. The van der Waals surface area contributed by atoms with Crippen molar-refractivity contribution in [2.45, 2.75) is 52.2 Å². The van der Waals surface area contributed by atoms with Crippen molar-refractivity contribution < 1.29 is 32.5 Å². The van der Waals surface area contributed by atoms with Crippen molar-refractivity contribution in [3.05, 3.63) is 70.8 Å². The van der Waals surface area contributed by atoms with Gasteiger partial charge in [-0.2, -0.15) is 13.2 Å². The molecule has 33 heavy (non-hydrogen) atoms. The minimum atomic E-state index is -4.50. The number of carbonyl (C=O) groups excluding carboxylic acids is 1. The molecule has 2 aromatic rings. The molecule has 2 aromatic carbocycles. The van der Waals surface area contributed by atoms with E-state index in [2.05, 4.69) is 0 Å². The molecule has 3 rings (SSSR count). The monoisotopic (exact) mass is 463 g/mol. The second-order valence-corrected chi connectivity index (χ2v) is 8.84. The zero-order valence-corrected chi connectivity index (χ0v) is 18.9. The first-order valence-corrected chi connectivity index (χ1v) is 10.7. The molecule has 1 N–H and O–H groups in total. The van der Waals surface area contributed by atoms with Crippen LogP contribution in [0.15, 0.2) is 48.5 Å². The van der Waals surface area contributed by atoms with Crippen LogP contribution in [0.25, 0.3) is 5.57 Å². The predicted molar refractivity (Wildman–Crippen MR) is 119 cm³/mol. The highest BCUT2D eigenvalue weighted by atomic mass is 19.4. The number of nitrogens with zero attached hydrogens (tertiary/aromatic N) is 1. The number of carbonyl (C=O) groups is 1. The molecule has 0 radical (unpaired) electrons. The summed E-state index contributed by atoms with van der Waals surface area (Å²) in [7, 11) is 0. The molecule has 1 aliphatic heterocycles. The molecule has 178 valence electrons. The van der Waals surface area contributed by atoms with Gasteiger partial charge in [0, 0.05) is 13.1 Å². The molecule has 0 unspecified atom stereocenters. The Kier molecular flexibility index (Phi) is 7.37. The van der Waals surface area contributed by atoms with Crippen LogP contribution in [0.3, 0.4) is 0 Å². The fourth-order valence-corrected chi connectivity index (χ4v) is 3.54. The van der Waals surface area contributed by atoms with Gasteiger partial charge in [0.25, 0.3) is 0 Å². The van der Waals surface area contributed by atoms with Crippen molar-refractivity contribution >= 4 is 11.7 Å². The summed E-state index contributed by atoms with van der Waals surface area (Å²) in [6.45, 7) is 6.03. The largest absolute Gasteiger partial charge is 0.488 e. The van der Waals surface area contributed by atoms with E-state index >= 15 is 0 Å². The average Bonchev–Trinajstić information content (AvgIpc) is 2.76. The van der Waals surface area contributed by atoms with Gasteiger partial charge in [-0.3, -0.25) is 0 Å². The summed E-state index contributed by atoms with van der Waals surface area (Å²) in [4.78, 5) is 13.9. The van der Waals surface area contributed by atoms with Gasteiger partial charge in [0.15, 0.2) is 0 Å². The van der Waals surface area contributed by atoms with E-state index in [1.54, 1.807) is 17.0 Å². The summed E-state index contributed by atoms with van der Waals surface area (Å²) in [5.41, 5.74) is 1.72. The van der Waals surface area contributed by atoms with Gasteiger partial charge in [0.2, 0.25) is 0 Å². The highest BCUT2D eigenvalue weighted by Gasteiger charge is 2.34. The van der Waals surface area contributed by atoms with Crippen molar-refractivity contribution in [3.8, 4) is 5.75 Å². The Bertz CT molecular complexity index is 1030. The molecular weight excluding hydrogens is 435 g/mol. The minimum absolute atomic E-state index is 0.0525. The van der Waals surface area contributed by atoms with E-state index < -0.39 is 17.3 Å². The number of para-hydroxylation sites is 1. The van der Waals surface area contributed by atoms with Crippen molar-refractivity contribution in [1.29, 1.82) is 0 Å². The van der Waals surface area contributed by atoms with E-state index in [1.165, 1.54) is 18.2 Å². The summed E-state index contributed by atoms with van der Waals surface area (Å²) >= 11 is 0. The molecule has 1 aliphatic rings. The highest BCUT2D eigenvalue weighted by Crippen LogP contribution is 2.36. The number of alkyl halides is 3. The number of amides is 1. The van der Waals surface area contributed by atoms with Gasteiger partial charge in [0.1, 0.15) is 18.0 Å². The fraction of sp³-hybridized carbons (Fsp3) is 0.400. The van der Waals surface area contributed by atoms with E-state index in [-0.39, 0.29) is 25.1 Å². The summed E-state index contributed by atoms with van der Waals surface area (Å²) < 4.78 is 50.5. The van der Waals surface area contributed by atoms with Crippen LogP contribution < -0.4 is 4.74 Å². The number of aliphatic hydroxyl groups excluding tert-OH is 1. The van der Waals surface area contributed by atoms with Crippen LogP contribution in [0, 0.1) is 0 Å². The van der Waals surface area contributed by atoms with Gasteiger partial charge in [-0.15, -0.1) is 0 Å². The Morgan fingerprint density at radius 2 is 1.85 bits per heavy atom. The SMILES string of the molecule is CC(C)(C)OC(=O)N1CC=C(c2cc(COc3ccccc3C(F)(F)F)ccc2CO)CC1. The van der Waals surface area contributed by atoms with E-state index in [0.717, 1.165) is 17.2 Å². The normalized spacial score (nSPS) is 14.6. The third-order valence-corrected chi connectivity index (χ3v) is 5.14. The van der Waals surface area contributed by atoms with Crippen LogP contribution in [0.5, 0.6) is 5.75 Å². The number of rotatable bonds is 5. The zero-order valence-electron chi connectivity index (χ0n) is 18.9. The fourth-order valence-electron chi connectivity index (χ4n) is 3.54. The van der Waals surface area contributed by atoms with Crippen LogP contribution >= 0.6 is 0 Å². The first kappa shape index (κ1) is 24.6.